The highest BCUT2D eigenvalue weighted by Gasteiger charge is 2.34. The quantitative estimate of drug-likeness (QED) is 0.321. The zero-order valence-electron chi connectivity index (χ0n) is 24.4. The monoisotopic (exact) mass is 593 g/mol. The highest BCUT2D eigenvalue weighted by Crippen LogP contribution is 2.35. The minimum Gasteiger partial charge on any atom is -0.486 e. The number of amides is 2. The lowest BCUT2D eigenvalue weighted by Gasteiger charge is -2.34. The van der Waals surface area contributed by atoms with Crippen LogP contribution >= 0.6 is 0 Å². The summed E-state index contributed by atoms with van der Waals surface area (Å²) in [6.45, 7) is 6.37. The Morgan fingerprint density at radius 1 is 0.881 bits per heavy atom. The molecule has 10 heteroatoms. The lowest BCUT2D eigenvalue weighted by molar-refractivity contribution is -0.140. The fourth-order valence-corrected chi connectivity index (χ4v) is 5.72. The van der Waals surface area contributed by atoms with E-state index in [-0.39, 0.29) is 36.2 Å². The molecule has 3 aromatic rings. The van der Waals surface area contributed by atoms with Crippen molar-refractivity contribution in [2.24, 2.45) is 5.92 Å². The first-order chi connectivity index (χ1) is 20.2. The van der Waals surface area contributed by atoms with Gasteiger partial charge in [0.1, 0.15) is 25.8 Å². The van der Waals surface area contributed by atoms with Crippen LogP contribution in [0, 0.1) is 5.92 Å². The Morgan fingerprint density at radius 3 is 2.12 bits per heavy atom. The number of ether oxygens (including phenoxy) is 2. The van der Waals surface area contributed by atoms with Crippen LogP contribution in [0.4, 0.5) is 5.69 Å². The SMILES string of the molecule is CCS(=O)(=O)N(CC(=O)N(Cc1ccccc1)[C@H](Cc1ccccc1)C(=O)NCC(C)C)c1ccc2c(c1)OCCO2. The molecule has 0 bridgehead atoms. The number of nitrogens with zero attached hydrogens (tertiary/aromatic N) is 2. The maximum Gasteiger partial charge on any atom is 0.244 e. The fraction of sp³-hybridized carbons (Fsp3) is 0.375. The van der Waals surface area contributed by atoms with Crippen LogP contribution in [-0.4, -0.2) is 63.2 Å². The van der Waals surface area contributed by atoms with Gasteiger partial charge in [0, 0.05) is 25.6 Å². The van der Waals surface area contributed by atoms with E-state index in [1.54, 1.807) is 18.2 Å². The molecule has 0 aromatic heterocycles. The van der Waals surface area contributed by atoms with Crippen LogP contribution in [-0.2, 0) is 32.6 Å². The summed E-state index contributed by atoms with van der Waals surface area (Å²) in [5.74, 6) is 0.146. The summed E-state index contributed by atoms with van der Waals surface area (Å²) in [7, 11) is -3.88. The Hall–Kier alpha value is -4.05. The van der Waals surface area contributed by atoms with E-state index in [4.69, 9.17) is 9.47 Å². The van der Waals surface area contributed by atoms with Crippen molar-refractivity contribution in [3.63, 3.8) is 0 Å². The topological polar surface area (TPSA) is 105 Å². The van der Waals surface area contributed by atoms with Gasteiger partial charge in [0.2, 0.25) is 21.8 Å². The largest absolute Gasteiger partial charge is 0.486 e. The maximum absolute atomic E-state index is 14.2. The second kappa shape index (κ2) is 14.2. The molecule has 1 N–H and O–H groups in total. The summed E-state index contributed by atoms with van der Waals surface area (Å²) in [6, 6.07) is 22.8. The van der Waals surface area contributed by atoms with Gasteiger partial charge in [0.15, 0.2) is 11.5 Å². The van der Waals surface area contributed by atoms with Gasteiger partial charge in [0.25, 0.3) is 0 Å². The van der Waals surface area contributed by atoms with Crippen molar-refractivity contribution in [1.29, 1.82) is 0 Å². The van der Waals surface area contributed by atoms with Crippen LogP contribution in [0.3, 0.4) is 0 Å². The van der Waals surface area contributed by atoms with Crippen molar-refractivity contribution in [3.8, 4) is 11.5 Å². The van der Waals surface area contributed by atoms with Gasteiger partial charge < -0.3 is 19.7 Å². The van der Waals surface area contributed by atoms with Crippen LogP contribution in [0.25, 0.3) is 0 Å². The van der Waals surface area contributed by atoms with Gasteiger partial charge >= 0.3 is 0 Å². The number of carbonyl (C=O) groups excluding carboxylic acids is 2. The van der Waals surface area contributed by atoms with Crippen molar-refractivity contribution in [2.75, 3.05) is 36.4 Å². The van der Waals surface area contributed by atoms with Crippen molar-refractivity contribution < 1.29 is 27.5 Å². The number of rotatable bonds is 13. The average Bonchev–Trinajstić information content (AvgIpc) is 3.01. The van der Waals surface area contributed by atoms with Crippen LogP contribution in [0.5, 0.6) is 11.5 Å². The first-order valence-electron chi connectivity index (χ1n) is 14.2. The molecule has 0 saturated carbocycles. The van der Waals surface area contributed by atoms with Gasteiger partial charge in [-0.05, 0) is 36.1 Å². The predicted molar refractivity (Wildman–Crippen MR) is 163 cm³/mol. The van der Waals surface area contributed by atoms with Crippen LogP contribution < -0.4 is 19.1 Å². The highest BCUT2D eigenvalue weighted by atomic mass is 32.2. The van der Waals surface area contributed by atoms with E-state index >= 15 is 0 Å². The van der Waals surface area contributed by atoms with Gasteiger partial charge in [0.05, 0.1) is 11.4 Å². The third-order valence-corrected chi connectivity index (χ3v) is 8.69. The van der Waals surface area contributed by atoms with Gasteiger partial charge in [-0.25, -0.2) is 8.42 Å². The molecule has 0 fully saturated rings. The predicted octanol–water partition coefficient (Wildman–Crippen LogP) is 4.03. The van der Waals surface area contributed by atoms with Crippen LogP contribution in [0.15, 0.2) is 78.9 Å². The number of carbonyl (C=O) groups is 2. The fourth-order valence-electron chi connectivity index (χ4n) is 4.66. The standard InChI is InChI=1S/C32H39N3O6S/c1-4-42(38,39)35(27-15-16-29-30(20-27)41-18-17-40-29)23-31(36)34(22-26-13-9-6-10-14-26)28(32(37)33-21-24(2)3)19-25-11-7-5-8-12-25/h5-16,20,24,28H,4,17-19,21-23H2,1-3H3,(H,33,37)/t28-/m1/s1. The minimum absolute atomic E-state index is 0.132. The number of fused-ring (bicyclic) bond motifs is 1. The number of anilines is 1. The van der Waals surface area contributed by atoms with E-state index in [2.05, 4.69) is 5.32 Å². The molecular weight excluding hydrogens is 554 g/mol. The lowest BCUT2D eigenvalue weighted by atomic mass is 10.0. The van der Waals surface area contributed by atoms with Gasteiger partial charge in [-0.3, -0.25) is 13.9 Å². The summed E-state index contributed by atoms with van der Waals surface area (Å²) in [6.07, 6.45) is 0.272. The summed E-state index contributed by atoms with van der Waals surface area (Å²) in [5.41, 5.74) is 2.00. The Morgan fingerprint density at radius 2 is 1.50 bits per heavy atom. The first-order valence-corrected chi connectivity index (χ1v) is 15.8. The van der Waals surface area contributed by atoms with Crippen molar-refractivity contribution in [2.45, 2.75) is 39.8 Å². The molecule has 1 aliphatic heterocycles. The van der Waals surface area contributed by atoms with E-state index in [9.17, 15) is 18.0 Å². The molecular formula is C32H39N3O6S. The van der Waals surface area contributed by atoms with Crippen molar-refractivity contribution in [1.82, 2.24) is 10.2 Å². The highest BCUT2D eigenvalue weighted by molar-refractivity contribution is 7.92. The Balaban J connectivity index is 1.72. The van der Waals surface area contributed by atoms with E-state index in [0.29, 0.717) is 31.3 Å². The molecule has 9 nitrogen and oxygen atoms in total. The molecule has 1 atom stereocenters. The van der Waals surface area contributed by atoms with Gasteiger partial charge in [-0.15, -0.1) is 0 Å². The smallest absolute Gasteiger partial charge is 0.244 e. The molecule has 1 heterocycles. The molecule has 0 aliphatic carbocycles. The number of hydrogen-bond donors (Lipinski definition) is 1. The molecule has 4 rings (SSSR count). The Kier molecular flexibility index (Phi) is 10.5. The first kappa shape index (κ1) is 30.9. The maximum atomic E-state index is 14.2. The molecule has 0 radical (unpaired) electrons. The number of sulfonamides is 1. The normalized spacial score (nSPS) is 13.3. The van der Waals surface area contributed by atoms with E-state index < -0.39 is 28.5 Å². The second-order valence-electron chi connectivity index (χ2n) is 10.6. The van der Waals surface area contributed by atoms with E-state index in [1.165, 1.54) is 11.8 Å². The number of nitrogens with one attached hydrogen (secondary N) is 1. The number of benzene rings is 3. The summed E-state index contributed by atoms with van der Waals surface area (Å²) < 4.78 is 39.1. The molecule has 3 aromatic carbocycles. The second-order valence-corrected chi connectivity index (χ2v) is 12.8. The van der Waals surface area contributed by atoms with E-state index in [1.807, 2.05) is 74.5 Å². The minimum atomic E-state index is -3.88. The lowest BCUT2D eigenvalue weighted by Crippen LogP contribution is -2.53. The summed E-state index contributed by atoms with van der Waals surface area (Å²) in [5, 5.41) is 2.99. The Bertz CT molecular complexity index is 1450. The Labute approximate surface area is 248 Å². The van der Waals surface area contributed by atoms with E-state index in [0.717, 1.165) is 15.4 Å². The number of hydrogen-bond acceptors (Lipinski definition) is 6. The van der Waals surface area contributed by atoms with Crippen LogP contribution in [0.1, 0.15) is 31.9 Å². The molecule has 1 aliphatic rings. The van der Waals surface area contributed by atoms with Crippen molar-refractivity contribution >= 4 is 27.5 Å². The van der Waals surface area contributed by atoms with Gasteiger partial charge in [-0.2, -0.15) is 0 Å². The average molecular weight is 594 g/mol. The zero-order chi connectivity index (χ0) is 30.1. The van der Waals surface area contributed by atoms with Crippen LogP contribution in [0.2, 0.25) is 0 Å². The third-order valence-electron chi connectivity index (χ3n) is 6.94. The molecule has 0 spiro atoms. The summed E-state index contributed by atoms with van der Waals surface area (Å²) in [4.78, 5) is 29.4. The summed E-state index contributed by atoms with van der Waals surface area (Å²) >= 11 is 0. The molecule has 42 heavy (non-hydrogen) atoms. The molecule has 224 valence electrons. The van der Waals surface area contributed by atoms with Gasteiger partial charge in [-0.1, -0.05) is 74.5 Å². The molecule has 0 unspecified atom stereocenters. The zero-order valence-corrected chi connectivity index (χ0v) is 25.2. The van der Waals surface area contributed by atoms with Crippen molar-refractivity contribution in [3.05, 3.63) is 90.0 Å². The molecule has 0 saturated heterocycles. The third kappa shape index (κ3) is 8.03. The molecule has 2 amide bonds.